The number of hydrogen-bond donors (Lipinski definition) is 0. The Bertz CT molecular complexity index is 1250. The van der Waals surface area contributed by atoms with Gasteiger partial charge in [0.05, 0.1) is 13.1 Å². The molecular weight excluding hydrogens is 433 g/mol. The lowest BCUT2D eigenvalue weighted by Gasteiger charge is -2.21. The summed E-state index contributed by atoms with van der Waals surface area (Å²) in [6.07, 6.45) is -0.292. The summed E-state index contributed by atoms with van der Waals surface area (Å²) in [4.78, 5) is 11.1. The molecule has 0 unspecified atom stereocenters. The molecule has 0 radical (unpaired) electrons. The largest absolute Gasteiger partial charge is 0.348 e. The van der Waals surface area contributed by atoms with Crippen LogP contribution in [0.5, 0.6) is 0 Å². The second kappa shape index (κ2) is 7.14. The van der Waals surface area contributed by atoms with E-state index in [1.165, 1.54) is 21.8 Å². The quantitative estimate of drug-likeness (QED) is 0.559. The highest BCUT2D eigenvalue weighted by Crippen LogP contribution is 2.34. The molecule has 0 N–H and O–H groups in total. The van der Waals surface area contributed by atoms with Gasteiger partial charge >= 0.3 is 10.2 Å². The Labute approximate surface area is 177 Å². The van der Waals surface area contributed by atoms with Crippen molar-refractivity contribution in [3.8, 4) is 0 Å². The minimum Gasteiger partial charge on any atom is -0.348 e. The fourth-order valence-electron chi connectivity index (χ4n) is 3.41. The van der Waals surface area contributed by atoms with Gasteiger partial charge in [0.25, 0.3) is 5.92 Å². The monoisotopic (exact) mass is 454 g/mol. The van der Waals surface area contributed by atoms with E-state index in [4.69, 9.17) is 0 Å². The molecule has 12 heteroatoms. The second-order valence-electron chi connectivity index (χ2n) is 8.60. The van der Waals surface area contributed by atoms with Gasteiger partial charge in [0.1, 0.15) is 10.7 Å². The molecule has 0 bridgehead atoms. The van der Waals surface area contributed by atoms with Crippen LogP contribution in [0.15, 0.2) is 29.2 Å². The highest BCUT2D eigenvalue weighted by molar-refractivity contribution is 7.86. The van der Waals surface area contributed by atoms with Gasteiger partial charge in [0, 0.05) is 18.4 Å². The van der Waals surface area contributed by atoms with Crippen LogP contribution < -0.4 is 4.90 Å². The van der Waals surface area contributed by atoms with Crippen molar-refractivity contribution in [1.29, 1.82) is 0 Å². The van der Waals surface area contributed by atoms with E-state index in [1.54, 1.807) is 6.07 Å². The summed E-state index contributed by atoms with van der Waals surface area (Å²) >= 11 is 0. The topological polar surface area (TPSA) is 93.9 Å². The predicted molar refractivity (Wildman–Crippen MR) is 107 cm³/mol. The van der Waals surface area contributed by atoms with Crippen molar-refractivity contribution in [2.75, 3.05) is 18.0 Å². The number of hydrogen-bond acceptors (Lipinski definition) is 7. The second-order valence-corrected chi connectivity index (χ2v) is 9.91. The van der Waals surface area contributed by atoms with Gasteiger partial charge in [0.2, 0.25) is 5.65 Å². The van der Waals surface area contributed by atoms with E-state index in [2.05, 4.69) is 20.2 Å². The Morgan fingerprint density at radius 2 is 1.84 bits per heavy atom. The number of aromatic nitrogens is 5. The van der Waals surface area contributed by atoms with Gasteiger partial charge in [-0.3, -0.25) is 0 Å². The maximum absolute atomic E-state index is 13.8. The van der Waals surface area contributed by atoms with Crippen molar-refractivity contribution in [1.82, 2.24) is 25.0 Å². The lowest BCUT2D eigenvalue weighted by atomic mass is 9.96. The van der Waals surface area contributed by atoms with Crippen molar-refractivity contribution in [3.63, 3.8) is 0 Å². The molecular formula is C19H21F3N6O2S. The van der Waals surface area contributed by atoms with Crippen LogP contribution in [0.3, 0.4) is 0 Å². The molecule has 3 heterocycles. The fourth-order valence-corrected chi connectivity index (χ4v) is 4.09. The summed E-state index contributed by atoms with van der Waals surface area (Å²) in [5.74, 6) is -2.16. The molecule has 1 aliphatic rings. The molecule has 1 aromatic carbocycles. The van der Waals surface area contributed by atoms with Crippen LogP contribution in [0.25, 0.3) is 11.2 Å². The molecule has 1 fully saturated rings. The molecule has 4 rings (SSSR count). The van der Waals surface area contributed by atoms with Crippen molar-refractivity contribution >= 4 is 27.2 Å². The first-order chi connectivity index (χ1) is 14.3. The number of benzene rings is 1. The van der Waals surface area contributed by atoms with Crippen LogP contribution in [0, 0.1) is 0 Å². The smallest absolute Gasteiger partial charge is 0.332 e. The van der Waals surface area contributed by atoms with Gasteiger partial charge in [-0.1, -0.05) is 39.0 Å². The van der Waals surface area contributed by atoms with Gasteiger partial charge in [-0.25, -0.2) is 18.7 Å². The maximum Gasteiger partial charge on any atom is 0.332 e. The van der Waals surface area contributed by atoms with Gasteiger partial charge in [-0.05, 0) is 11.6 Å². The Morgan fingerprint density at radius 3 is 2.45 bits per heavy atom. The summed E-state index contributed by atoms with van der Waals surface area (Å²) < 4.78 is 64.2. The minimum atomic E-state index is -4.93. The molecule has 8 nitrogen and oxygen atoms in total. The van der Waals surface area contributed by atoms with Crippen molar-refractivity contribution in [2.24, 2.45) is 0 Å². The summed E-state index contributed by atoms with van der Waals surface area (Å²) in [5.41, 5.74) is 0.115. The first-order valence-electron chi connectivity index (χ1n) is 9.62. The number of rotatable bonds is 4. The zero-order valence-electron chi connectivity index (χ0n) is 17.2. The third-order valence-electron chi connectivity index (χ3n) is 4.96. The van der Waals surface area contributed by atoms with Crippen LogP contribution in [0.4, 0.5) is 18.5 Å². The average Bonchev–Trinajstić information content (AvgIpc) is 3.21. The normalized spacial score (nSPS) is 16.9. The van der Waals surface area contributed by atoms with E-state index in [9.17, 15) is 21.1 Å². The number of nitrogens with zero attached hydrogens (tertiary/aromatic N) is 6. The molecule has 1 saturated heterocycles. The minimum absolute atomic E-state index is 0.110. The van der Waals surface area contributed by atoms with Gasteiger partial charge < -0.3 is 4.90 Å². The van der Waals surface area contributed by atoms with Gasteiger partial charge in [0.15, 0.2) is 11.3 Å². The average molecular weight is 454 g/mol. The van der Waals surface area contributed by atoms with E-state index < -0.39 is 33.0 Å². The number of fused-ring (bicyclic) bond motifs is 1. The van der Waals surface area contributed by atoms with Crippen molar-refractivity contribution in [2.45, 2.75) is 50.0 Å². The van der Waals surface area contributed by atoms with E-state index in [-0.39, 0.29) is 42.1 Å². The molecule has 31 heavy (non-hydrogen) atoms. The molecule has 2 aromatic heterocycles. The predicted octanol–water partition coefficient (Wildman–Crippen LogP) is 3.07. The SMILES string of the molecule is CC(C)(C)c1nc(N2CCC(F)(F)C2)c2nn(Cc3ccccc3S(=O)(=O)F)nc2n1. The molecule has 0 amide bonds. The summed E-state index contributed by atoms with van der Waals surface area (Å²) in [7, 11) is -4.93. The standard InChI is InChI=1S/C19H21F3N6O2S/c1-18(2,3)17-23-15-14(16(24-17)27-9-8-19(20,21)11-27)25-28(26-15)10-12-6-4-5-7-13(12)31(22,29)30/h4-7H,8-11H2,1-3H3. The Morgan fingerprint density at radius 1 is 1.13 bits per heavy atom. The van der Waals surface area contributed by atoms with Crippen molar-refractivity contribution in [3.05, 3.63) is 35.7 Å². The van der Waals surface area contributed by atoms with Crippen molar-refractivity contribution < 1.29 is 21.1 Å². The number of anilines is 1. The lowest BCUT2D eigenvalue weighted by molar-refractivity contribution is 0.0257. The van der Waals surface area contributed by atoms with Crippen LogP contribution in [0.1, 0.15) is 38.6 Å². The molecule has 0 atom stereocenters. The summed E-state index contributed by atoms with van der Waals surface area (Å²) in [6.45, 7) is 5.16. The zero-order chi connectivity index (χ0) is 22.6. The Hall–Kier alpha value is -2.76. The Balaban J connectivity index is 1.81. The highest BCUT2D eigenvalue weighted by atomic mass is 32.3. The van der Waals surface area contributed by atoms with E-state index in [0.29, 0.717) is 5.82 Å². The van der Waals surface area contributed by atoms with Gasteiger partial charge in [-0.2, -0.15) is 13.2 Å². The first-order valence-corrected chi connectivity index (χ1v) is 11.0. The molecule has 0 aliphatic carbocycles. The molecule has 0 spiro atoms. The number of halogens is 3. The number of alkyl halides is 2. The van der Waals surface area contributed by atoms with E-state index in [1.807, 2.05) is 20.8 Å². The maximum atomic E-state index is 13.8. The molecule has 3 aromatic rings. The Kier molecular flexibility index (Phi) is 4.95. The lowest BCUT2D eigenvalue weighted by Crippen LogP contribution is -2.27. The van der Waals surface area contributed by atoms with E-state index >= 15 is 0 Å². The third kappa shape index (κ3) is 4.34. The zero-order valence-corrected chi connectivity index (χ0v) is 18.0. The van der Waals surface area contributed by atoms with Crippen LogP contribution >= 0.6 is 0 Å². The molecule has 1 aliphatic heterocycles. The molecule has 166 valence electrons. The first kappa shape index (κ1) is 21.5. The summed E-state index contributed by atoms with van der Waals surface area (Å²) in [5, 5.41) is 8.62. The van der Waals surface area contributed by atoms with Gasteiger partial charge in [-0.15, -0.1) is 14.1 Å². The molecule has 0 saturated carbocycles. The van der Waals surface area contributed by atoms with Crippen LogP contribution in [-0.2, 0) is 22.2 Å². The highest BCUT2D eigenvalue weighted by Gasteiger charge is 2.40. The third-order valence-corrected chi connectivity index (χ3v) is 5.88. The summed E-state index contributed by atoms with van der Waals surface area (Å²) in [6, 6.07) is 5.59. The van der Waals surface area contributed by atoms with Crippen LogP contribution in [0.2, 0.25) is 0 Å². The van der Waals surface area contributed by atoms with E-state index in [0.717, 1.165) is 6.07 Å². The fraction of sp³-hybridized carbons (Fsp3) is 0.474. The van der Waals surface area contributed by atoms with Crippen LogP contribution in [-0.4, -0.2) is 52.4 Å².